The van der Waals surface area contributed by atoms with E-state index in [9.17, 15) is 23.9 Å². The Balaban J connectivity index is 2.11. The number of carbonyl (C=O) groups is 3. The Morgan fingerprint density at radius 2 is 1.56 bits per heavy atom. The minimum Gasteiger partial charge on any atom is -0.480 e. The second kappa shape index (κ2) is 9.47. The van der Waals surface area contributed by atoms with Crippen molar-refractivity contribution in [2.45, 2.75) is 31.8 Å². The van der Waals surface area contributed by atoms with Gasteiger partial charge in [-0.05, 0) is 23.3 Å². The maximum Gasteiger partial charge on any atom is 0.326 e. The lowest BCUT2D eigenvalue weighted by atomic mass is 10.0. The van der Waals surface area contributed by atoms with E-state index < -0.39 is 35.7 Å². The number of hydrogen-bond acceptors (Lipinski definition) is 3. The minimum absolute atomic E-state index is 0.0725. The van der Waals surface area contributed by atoms with Crippen molar-refractivity contribution in [3.05, 3.63) is 71.5 Å². The third-order valence-corrected chi connectivity index (χ3v) is 3.92. The molecular formula is C20H21FN2O4. The topological polar surface area (TPSA) is 95.5 Å². The molecule has 0 fully saturated rings. The van der Waals surface area contributed by atoms with Crippen LogP contribution < -0.4 is 10.6 Å². The van der Waals surface area contributed by atoms with Crippen LogP contribution >= 0.6 is 0 Å². The standard InChI is InChI=1S/C20H21FN2O4/c1-13(24)22-17(11-14-6-3-2-4-7-14)19(25)23-18(20(26)27)12-15-8-5-9-16(21)10-15/h2-10,17-18H,11-12H2,1H3,(H,22,24)(H,23,25)(H,26,27)/t17-,18+/m0/s1. The van der Waals surface area contributed by atoms with Gasteiger partial charge in [-0.1, -0.05) is 42.5 Å². The quantitative estimate of drug-likeness (QED) is 0.657. The molecule has 0 aliphatic rings. The smallest absolute Gasteiger partial charge is 0.326 e. The van der Waals surface area contributed by atoms with Crippen molar-refractivity contribution in [2.75, 3.05) is 0 Å². The van der Waals surface area contributed by atoms with Crippen LogP contribution in [0.2, 0.25) is 0 Å². The van der Waals surface area contributed by atoms with Crippen LogP contribution in [0.15, 0.2) is 54.6 Å². The summed E-state index contributed by atoms with van der Waals surface area (Å²) < 4.78 is 13.3. The molecule has 3 N–H and O–H groups in total. The molecule has 2 rings (SSSR count). The van der Waals surface area contributed by atoms with E-state index >= 15 is 0 Å². The summed E-state index contributed by atoms with van der Waals surface area (Å²) in [6, 6.07) is 12.4. The summed E-state index contributed by atoms with van der Waals surface area (Å²) in [6.45, 7) is 1.28. The maximum atomic E-state index is 13.3. The maximum absolute atomic E-state index is 13.3. The van der Waals surface area contributed by atoms with Crippen molar-refractivity contribution in [1.29, 1.82) is 0 Å². The van der Waals surface area contributed by atoms with E-state index in [2.05, 4.69) is 10.6 Å². The molecule has 7 heteroatoms. The molecular weight excluding hydrogens is 351 g/mol. The van der Waals surface area contributed by atoms with E-state index in [0.29, 0.717) is 5.56 Å². The number of benzene rings is 2. The zero-order valence-electron chi connectivity index (χ0n) is 14.8. The first-order valence-electron chi connectivity index (χ1n) is 8.44. The van der Waals surface area contributed by atoms with Gasteiger partial charge in [0.1, 0.15) is 17.9 Å². The third kappa shape index (κ3) is 6.54. The van der Waals surface area contributed by atoms with Crippen LogP contribution in [-0.2, 0) is 27.2 Å². The summed E-state index contributed by atoms with van der Waals surface area (Å²) in [5.74, 6) is -2.74. The Bertz CT molecular complexity index is 811. The van der Waals surface area contributed by atoms with Crippen LogP contribution in [0.4, 0.5) is 4.39 Å². The molecule has 0 unspecified atom stereocenters. The van der Waals surface area contributed by atoms with Crippen molar-refractivity contribution in [2.24, 2.45) is 0 Å². The van der Waals surface area contributed by atoms with E-state index in [4.69, 9.17) is 0 Å². The Morgan fingerprint density at radius 3 is 2.15 bits per heavy atom. The lowest BCUT2D eigenvalue weighted by Gasteiger charge is -2.21. The predicted molar refractivity (Wildman–Crippen MR) is 97.4 cm³/mol. The number of rotatable bonds is 8. The Kier molecular flexibility index (Phi) is 7.05. The minimum atomic E-state index is -1.24. The zero-order chi connectivity index (χ0) is 19.8. The molecule has 2 atom stereocenters. The number of carbonyl (C=O) groups excluding carboxylic acids is 2. The molecule has 2 amide bonds. The molecule has 0 radical (unpaired) electrons. The van der Waals surface area contributed by atoms with Crippen LogP contribution in [0, 0.1) is 5.82 Å². The molecule has 2 aromatic carbocycles. The number of amides is 2. The fourth-order valence-electron chi connectivity index (χ4n) is 2.68. The highest BCUT2D eigenvalue weighted by Gasteiger charge is 2.26. The highest BCUT2D eigenvalue weighted by Crippen LogP contribution is 2.08. The van der Waals surface area contributed by atoms with E-state index in [0.717, 1.165) is 5.56 Å². The molecule has 0 aromatic heterocycles. The summed E-state index contributed by atoms with van der Waals surface area (Å²) in [5.41, 5.74) is 1.27. The van der Waals surface area contributed by atoms with Gasteiger partial charge in [-0.25, -0.2) is 9.18 Å². The van der Waals surface area contributed by atoms with Gasteiger partial charge in [0.05, 0.1) is 0 Å². The first-order valence-corrected chi connectivity index (χ1v) is 8.44. The average Bonchev–Trinajstić information content (AvgIpc) is 2.61. The molecule has 0 aliphatic carbocycles. The van der Waals surface area contributed by atoms with Gasteiger partial charge in [-0.2, -0.15) is 0 Å². The molecule has 0 saturated carbocycles. The number of halogens is 1. The molecule has 0 heterocycles. The summed E-state index contributed by atoms with van der Waals surface area (Å²) >= 11 is 0. The van der Waals surface area contributed by atoms with Gasteiger partial charge in [-0.15, -0.1) is 0 Å². The lowest BCUT2D eigenvalue weighted by molar-refractivity contribution is -0.142. The average molecular weight is 372 g/mol. The Hall–Kier alpha value is -3.22. The van der Waals surface area contributed by atoms with Gasteiger partial charge >= 0.3 is 5.97 Å². The Morgan fingerprint density at radius 1 is 0.926 bits per heavy atom. The fraction of sp³-hybridized carbons (Fsp3) is 0.250. The molecule has 0 spiro atoms. The first-order chi connectivity index (χ1) is 12.8. The van der Waals surface area contributed by atoms with Crippen LogP contribution in [0.1, 0.15) is 18.1 Å². The predicted octanol–water partition coefficient (Wildman–Crippen LogP) is 1.68. The number of carboxylic acids is 1. The number of hydrogen-bond donors (Lipinski definition) is 3. The van der Waals surface area contributed by atoms with Crippen molar-refractivity contribution in [3.63, 3.8) is 0 Å². The van der Waals surface area contributed by atoms with Gasteiger partial charge in [0.25, 0.3) is 0 Å². The number of nitrogens with one attached hydrogen (secondary N) is 2. The summed E-state index contributed by atoms with van der Waals surface area (Å²) in [5, 5.41) is 14.4. The van der Waals surface area contributed by atoms with Crippen LogP contribution in [-0.4, -0.2) is 35.0 Å². The lowest BCUT2D eigenvalue weighted by Crippen LogP contribution is -2.52. The molecule has 0 bridgehead atoms. The molecule has 2 aromatic rings. The number of aliphatic carboxylic acids is 1. The SMILES string of the molecule is CC(=O)N[C@@H](Cc1ccccc1)C(=O)N[C@H](Cc1cccc(F)c1)C(=O)O. The largest absolute Gasteiger partial charge is 0.480 e. The van der Waals surface area contributed by atoms with Crippen molar-refractivity contribution in [1.82, 2.24) is 10.6 Å². The summed E-state index contributed by atoms with van der Waals surface area (Å²) in [7, 11) is 0. The van der Waals surface area contributed by atoms with Gasteiger partial charge in [0, 0.05) is 19.8 Å². The highest BCUT2D eigenvalue weighted by molar-refractivity contribution is 5.90. The normalized spacial score (nSPS) is 12.7. The summed E-state index contributed by atoms with van der Waals surface area (Å²) in [6.07, 6.45) is 0.148. The monoisotopic (exact) mass is 372 g/mol. The zero-order valence-corrected chi connectivity index (χ0v) is 14.8. The Labute approximate surface area is 156 Å². The van der Waals surface area contributed by atoms with Crippen molar-refractivity contribution < 1.29 is 23.9 Å². The van der Waals surface area contributed by atoms with Crippen molar-refractivity contribution >= 4 is 17.8 Å². The highest BCUT2D eigenvalue weighted by atomic mass is 19.1. The van der Waals surface area contributed by atoms with Crippen LogP contribution in [0.5, 0.6) is 0 Å². The van der Waals surface area contributed by atoms with Crippen LogP contribution in [0.3, 0.4) is 0 Å². The number of carboxylic acid groups (broad SMARTS) is 1. The molecule has 0 saturated heterocycles. The van der Waals surface area contributed by atoms with Gasteiger partial charge in [-0.3, -0.25) is 9.59 Å². The van der Waals surface area contributed by atoms with Gasteiger partial charge < -0.3 is 15.7 Å². The second-order valence-electron chi connectivity index (χ2n) is 6.18. The van der Waals surface area contributed by atoms with Gasteiger partial charge in [0.15, 0.2) is 0 Å². The second-order valence-corrected chi connectivity index (χ2v) is 6.18. The van der Waals surface area contributed by atoms with E-state index in [-0.39, 0.29) is 12.8 Å². The summed E-state index contributed by atoms with van der Waals surface area (Å²) in [4.78, 5) is 35.6. The molecule has 6 nitrogen and oxygen atoms in total. The fourth-order valence-corrected chi connectivity index (χ4v) is 2.68. The van der Waals surface area contributed by atoms with Gasteiger partial charge in [0.2, 0.25) is 11.8 Å². The molecule has 0 aliphatic heterocycles. The third-order valence-electron chi connectivity index (χ3n) is 3.92. The van der Waals surface area contributed by atoms with Crippen molar-refractivity contribution in [3.8, 4) is 0 Å². The first kappa shape index (κ1) is 20.1. The molecule has 27 heavy (non-hydrogen) atoms. The molecule has 142 valence electrons. The van der Waals surface area contributed by atoms with E-state index in [1.54, 1.807) is 6.07 Å². The van der Waals surface area contributed by atoms with Crippen LogP contribution in [0.25, 0.3) is 0 Å². The van der Waals surface area contributed by atoms with E-state index in [1.807, 2.05) is 30.3 Å². The van der Waals surface area contributed by atoms with E-state index in [1.165, 1.54) is 25.1 Å².